The van der Waals surface area contributed by atoms with Gasteiger partial charge in [0.1, 0.15) is 0 Å². The third-order valence-corrected chi connectivity index (χ3v) is 4.12. The van der Waals surface area contributed by atoms with E-state index in [0.717, 1.165) is 22.3 Å². The number of hydrogen-bond donors (Lipinski definition) is 0. The van der Waals surface area contributed by atoms with E-state index in [1.54, 1.807) is 12.1 Å². The summed E-state index contributed by atoms with van der Waals surface area (Å²) in [6.45, 7) is 7.33. The first-order chi connectivity index (χ1) is 12.2. The summed E-state index contributed by atoms with van der Waals surface area (Å²) in [6.07, 6.45) is 0. The Bertz CT molecular complexity index is 971. The SMILES string of the molecule is [C-]#[N+]/C(C#N)=C(\c1ccc(Cl)cc1)c1ccc(-c2ccccc2)cc1. The van der Waals surface area contributed by atoms with Crippen LogP contribution in [0.15, 0.2) is 84.6 Å². The Balaban J connectivity index is 2.09. The molecule has 0 bridgehead atoms. The highest BCUT2D eigenvalue weighted by Crippen LogP contribution is 2.30. The van der Waals surface area contributed by atoms with Gasteiger partial charge in [0.25, 0.3) is 5.70 Å². The van der Waals surface area contributed by atoms with E-state index in [4.69, 9.17) is 18.2 Å². The van der Waals surface area contributed by atoms with Gasteiger partial charge in [0.2, 0.25) is 0 Å². The van der Waals surface area contributed by atoms with Crippen molar-refractivity contribution in [2.45, 2.75) is 0 Å². The second kappa shape index (κ2) is 7.49. The van der Waals surface area contributed by atoms with Gasteiger partial charge in [-0.1, -0.05) is 78.3 Å². The molecule has 0 aliphatic carbocycles. The monoisotopic (exact) mass is 340 g/mol. The Morgan fingerprint density at radius 3 is 1.84 bits per heavy atom. The molecule has 2 nitrogen and oxygen atoms in total. The zero-order chi connectivity index (χ0) is 17.6. The van der Waals surface area contributed by atoms with Crippen LogP contribution in [0.5, 0.6) is 0 Å². The Labute approximate surface area is 152 Å². The fourth-order valence-electron chi connectivity index (χ4n) is 2.65. The number of nitrogens with zero attached hydrogens (tertiary/aromatic N) is 2. The third-order valence-electron chi connectivity index (χ3n) is 3.87. The second-order valence-corrected chi connectivity index (χ2v) is 5.83. The van der Waals surface area contributed by atoms with Gasteiger partial charge in [-0.3, -0.25) is 0 Å². The Hall–Kier alpha value is -3.33. The van der Waals surface area contributed by atoms with Gasteiger partial charge in [-0.05, 0) is 34.4 Å². The first kappa shape index (κ1) is 16.5. The van der Waals surface area contributed by atoms with Crippen molar-refractivity contribution in [2.24, 2.45) is 0 Å². The molecule has 0 heterocycles. The molecule has 0 N–H and O–H groups in total. The fraction of sp³-hybridized carbons (Fsp3) is 0. The van der Waals surface area contributed by atoms with Crippen LogP contribution >= 0.6 is 11.6 Å². The van der Waals surface area contributed by atoms with Gasteiger partial charge in [0.15, 0.2) is 0 Å². The van der Waals surface area contributed by atoms with Crippen LogP contribution in [0.1, 0.15) is 11.1 Å². The molecule has 0 atom stereocenters. The lowest BCUT2D eigenvalue weighted by Crippen LogP contribution is -1.92. The van der Waals surface area contributed by atoms with Gasteiger partial charge in [-0.2, -0.15) is 0 Å². The van der Waals surface area contributed by atoms with E-state index < -0.39 is 0 Å². The summed E-state index contributed by atoms with van der Waals surface area (Å²) in [6, 6.07) is 27.1. The molecule has 0 aromatic heterocycles. The van der Waals surface area contributed by atoms with E-state index in [-0.39, 0.29) is 5.70 Å². The minimum atomic E-state index is 0.0646. The molecule has 0 saturated heterocycles. The molecular weight excluding hydrogens is 328 g/mol. The number of rotatable bonds is 3. The molecule has 118 valence electrons. The summed E-state index contributed by atoms with van der Waals surface area (Å²) in [5.41, 5.74) is 4.51. The summed E-state index contributed by atoms with van der Waals surface area (Å²) >= 11 is 5.96. The van der Waals surface area contributed by atoms with Crippen LogP contribution in [0, 0.1) is 17.9 Å². The van der Waals surface area contributed by atoms with Crippen molar-refractivity contribution in [1.82, 2.24) is 0 Å². The maximum absolute atomic E-state index is 9.36. The lowest BCUT2D eigenvalue weighted by Gasteiger charge is -2.10. The third kappa shape index (κ3) is 3.61. The molecule has 0 amide bonds. The zero-order valence-electron chi connectivity index (χ0n) is 13.3. The lowest BCUT2D eigenvalue weighted by molar-refractivity contribution is 1.47. The Morgan fingerprint density at radius 1 is 0.800 bits per heavy atom. The first-order valence-corrected chi connectivity index (χ1v) is 8.04. The molecule has 0 saturated carbocycles. The molecule has 25 heavy (non-hydrogen) atoms. The lowest BCUT2D eigenvalue weighted by atomic mass is 9.94. The number of nitriles is 1. The average molecular weight is 341 g/mol. The van der Waals surface area contributed by atoms with Crippen LogP contribution < -0.4 is 0 Å². The molecule has 0 spiro atoms. The maximum atomic E-state index is 9.36. The van der Waals surface area contributed by atoms with Crippen molar-refractivity contribution in [2.75, 3.05) is 0 Å². The van der Waals surface area contributed by atoms with Gasteiger partial charge < -0.3 is 0 Å². The van der Waals surface area contributed by atoms with Gasteiger partial charge in [-0.25, -0.2) is 10.1 Å². The fourth-order valence-corrected chi connectivity index (χ4v) is 2.78. The highest BCUT2D eigenvalue weighted by Gasteiger charge is 2.12. The van der Waals surface area contributed by atoms with E-state index in [0.29, 0.717) is 10.6 Å². The summed E-state index contributed by atoms with van der Waals surface area (Å²) in [7, 11) is 0. The molecule has 3 heteroatoms. The van der Waals surface area contributed by atoms with E-state index >= 15 is 0 Å². The number of halogens is 1. The van der Waals surface area contributed by atoms with Crippen LogP contribution in [0.2, 0.25) is 5.02 Å². The molecule has 3 rings (SSSR count). The van der Waals surface area contributed by atoms with Crippen LogP contribution in [0.3, 0.4) is 0 Å². The van der Waals surface area contributed by atoms with Crippen molar-refractivity contribution in [3.05, 3.63) is 112 Å². The highest BCUT2D eigenvalue weighted by molar-refractivity contribution is 6.30. The van der Waals surface area contributed by atoms with Crippen LogP contribution in [-0.2, 0) is 0 Å². The molecule has 0 aliphatic rings. The minimum Gasteiger partial charge on any atom is -0.226 e. The minimum absolute atomic E-state index is 0.0646. The van der Waals surface area contributed by atoms with Gasteiger partial charge in [-0.15, -0.1) is 0 Å². The summed E-state index contributed by atoms with van der Waals surface area (Å²) in [4.78, 5) is 3.40. The first-order valence-electron chi connectivity index (χ1n) is 7.66. The van der Waals surface area contributed by atoms with Crippen molar-refractivity contribution in [3.63, 3.8) is 0 Å². The van der Waals surface area contributed by atoms with E-state index in [1.165, 1.54) is 0 Å². The normalized spacial score (nSPS) is 11.2. The van der Waals surface area contributed by atoms with Crippen LogP contribution in [-0.4, -0.2) is 0 Å². The Morgan fingerprint density at radius 2 is 1.32 bits per heavy atom. The molecule has 3 aromatic carbocycles. The molecule has 0 radical (unpaired) electrons. The smallest absolute Gasteiger partial charge is 0.226 e. The molecule has 0 unspecified atom stereocenters. The molecule has 3 aromatic rings. The van der Waals surface area contributed by atoms with Crippen LogP contribution in [0.25, 0.3) is 21.5 Å². The zero-order valence-corrected chi connectivity index (χ0v) is 14.0. The molecule has 0 aliphatic heterocycles. The summed E-state index contributed by atoms with van der Waals surface area (Å²) in [5, 5.41) is 9.97. The van der Waals surface area contributed by atoms with Crippen molar-refractivity contribution < 1.29 is 0 Å². The van der Waals surface area contributed by atoms with Crippen LogP contribution in [0.4, 0.5) is 0 Å². The van der Waals surface area contributed by atoms with Gasteiger partial charge >= 0.3 is 0 Å². The predicted molar refractivity (Wildman–Crippen MR) is 102 cm³/mol. The van der Waals surface area contributed by atoms with E-state index in [2.05, 4.69) is 4.85 Å². The molecule has 0 fully saturated rings. The van der Waals surface area contributed by atoms with Crippen molar-refractivity contribution >= 4 is 17.2 Å². The van der Waals surface area contributed by atoms with E-state index in [9.17, 15) is 5.26 Å². The van der Waals surface area contributed by atoms with Crippen molar-refractivity contribution in [3.8, 4) is 17.2 Å². The largest absolute Gasteiger partial charge is 0.270 e. The summed E-state index contributed by atoms with van der Waals surface area (Å²) < 4.78 is 0. The van der Waals surface area contributed by atoms with Gasteiger partial charge in [0, 0.05) is 10.6 Å². The number of allylic oxidation sites excluding steroid dienone is 1. The predicted octanol–water partition coefficient (Wildman–Crippen LogP) is 6.21. The van der Waals surface area contributed by atoms with Crippen molar-refractivity contribution in [1.29, 1.82) is 5.26 Å². The Kier molecular flexibility index (Phi) is 4.95. The number of hydrogen-bond acceptors (Lipinski definition) is 1. The molecular formula is C22H13ClN2. The standard InChI is InChI=1S/C22H13ClN2/c1-25-21(15-24)22(19-11-13-20(23)14-12-19)18-9-7-17(8-10-18)16-5-3-2-4-6-16/h2-14H/b22-21-. The van der Waals surface area contributed by atoms with Gasteiger partial charge in [0.05, 0.1) is 12.6 Å². The second-order valence-electron chi connectivity index (χ2n) is 5.40. The quantitative estimate of drug-likeness (QED) is 0.411. The van der Waals surface area contributed by atoms with E-state index in [1.807, 2.05) is 72.8 Å². The maximum Gasteiger partial charge on any atom is 0.270 e. The number of benzene rings is 3. The topological polar surface area (TPSA) is 28.1 Å². The highest BCUT2D eigenvalue weighted by atomic mass is 35.5. The average Bonchev–Trinajstić information content (AvgIpc) is 2.68. The summed E-state index contributed by atoms with van der Waals surface area (Å²) in [5.74, 6) is 0.